The molecule has 0 bridgehead atoms. The molecule has 1 aromatic carbocycles. The summed E-state index contributed by atoms with van der Waals surface area (Å²) in [5.74, 6) is 0. The first-order valence-electron chi connectivity index (χ1n) is 6.47. The van der Waals surface area contributed by atoms with Gasteiger partial charge in [-0.3, -0.25) is 4.98 Å². The van der Waals surface area contributed by atoms with Gasteiger partial charge in [0.05, 0.1) is 11.2 Å². The molecule has 0 aliphatic rings. The summed E-state index contributed by atoms with van der Waals surface area (Å²) in [6, 6.07) is 13.6. The molecule has 2 heterocycles. The first-order valence-corrected chi connectivity index (χ1v) is 8.06. The second kappa shape index (κ2) is 6.22. The molecule has 0 saturated carbocycles. The highest BCUT2D eigenvalue weighted by Crippen LogP contribution is 2.27. The summed E-state index contributed by atoms with van der Waals surface area (Å²) in [5, 5.41) is 11.5. The number of benzene rings is 1. The SMILES string of the molecule is OC(Cc1ccc(Br)cn1)c1nc2ccccc2cc1Br. The highest BCUT2D eigenvalue weighted by Gasteiger charge is 2.15. The zero-order valence-corrected chi connectivity index (χ0v) is 14.2. The molecule has 3 rings (SSSR count). The monoisotopic (exact) mass is 406 g/mol. The molecule has 1 unspecified atom stereocenters. The van der Waals surface area contributed by atoms with Crippen LogP contribution in [0.4, 0.5) is 0 Å². The number of aliphatic hydroxyl groups is 1. The van der Waals surface area contributed by atoms with Gasteiger partial charge in [-0.1, -0.05) is 18.2 Å². The van der Waals surface area contributed by atoms with E-state index in [2.05, 4.69) is 41.8 Å². The van der Waals surface area contributed by atoms with Gasteiger partial charge in [0.25, 0.3) is 0 Å². The van der Waals surface area contributed by atoms with E-state index < -0.39 is 6.10 Å². The van der Waals surface area contributed by atoms with Crippen molar-refractivity contribution in [2.75, 3.05) is 0 Å². The maximum Gasteiger partial charge on any atom is 0.103 e. The van der Waals surface area contributed by atoms with Crippen molar-refractivity contribution >= 4 is 42.8 Å². The standard InChI is InChI=1S/C16H12Br2N2O/c17-11-5-6-12(19-9-11)8-15(21)16-13(18)7-10-3-1-2-4-14(10)20-16/h1-7,9,15,21H,8H2. The zero-order valence-electron chi connectivity index (χ0n) is 11.0. The maximum absolute atomic E-state index is 10.4. The molecule has 5 heteroatoms. The number of pyridine rings is 2. The minimum absolute atomic E-state index is 0.428. The number of aliphatic hydroxyl groups excluding tert-OH is 1. The lowest BCUT2D eigenvalue weighted by Crippen LogP contribution is -2.06. The molecule has 0 fully saturated rings. The Labute approximate surface area is 139 Å². The van der Waals surface area contributed by atoms with Gasteiger partial charge in [0.2, 0.25) is 0 Å². The van der Waals surface area contributed by atoms with E-state index in [0.717, 1.165) is 25.5 Å². The minimum Gasteiger partial charge on any atom is -0.386 e. The van der Waals surface area contributed by atoms with Crippen LogP contribution in [0.1, 0.15) is 17.5 Å². The molecular weight excluding hydrogens is 396 g/mol. The normalized spacial score (nSPS) is 12.5. The van der Waals surface area contributed by atoms with Crippen LogP contribution in [0.3, 0.4) is 0 Å². The third-order valence-electron chi connectivity index (χ3n) is 3.21. The van der Waals surface area contributed by atoms with E-state index >= 15 is 0 Å². The first-order chi connectivity index (χ1) is 10.1. The van der Waals surface area contributed by atoms with Gasteiger partial charge in [-0.15, -0.1) is 0 Å². The molecule has 0 amide bonds. The Balaban J connectivity index is 1.91. The smallest absolute Gasteiger partial charge is 0.103 e. The summed E-state index contributed by atoms with van der Waals surface area (Å²) in [6.45, 7) is 0. The Morgan fingerprint density at radius 3 is 2.67 bits per heavy atom. The molecule has 0 aliphatic carbocycles. The van der Waals surface area contributed by atoms with E-state index in [1.54, 1.807) is 6.20 Å². The molecule has 0 saturated heterocycles. The van der Waals surface area contributed by atoms with E-state index in [-0.39, 0.29) is 0 Å². The maximum atomic E-state index is 10.4. The van der Waals surface area contributed by atoms with Crippen molar-refractivity contribution in [2.24, 2.45) is 0 Å². The van der Waals surface area contributed by atoms with E-state index in [9.17, 15) is 5.11 Å². The van der Waals surface area contributed by atoms with Gasteiger partial charge in [-0.05, 0) is 56.1 Å². The van der Waals surface area contributed by atoms with E-state index in [4.69, 9.17) is 0 Å². The molecule has 1 N–H and O–H groups in total. The lowest BCUT2D eigenvalue weighted by atomic mass is 10.1. The molecule has 1 atom stereocenters. The number of hydrogen-bond donors (Lipinski definition) is 1. The third-order valence-corrected chi connectivity index (χ3v) is 4.32. The molecule has 0 spiro atoms. The van der Waals surface area contributed by atoms with Gasteiger partial charge < -0.3 is 5.11 Å². The topological polar surface area (TPSA) is 46.0 Å². The van der Waals surface area contributed by atoms with Crippen LogP contribution in [0.25, 0.3) is 10.9 Å². The molecule has 106 valence electrons. The quantitative estimate of drug-likeness (QED) is 0.698. The van der Waals surface area contributed by atoms with E-state index in [1.165, 1.54) is 0 Å². The fraction of sp³-hybridized carbons (Fsp3) is 0.125. The second-order valence-corrected chi connectivity index (χ2v) is 6.51. The molecular formula is C16H12Br2N2O. The highest BCUT2D eigenvalue weighted by molar-refractivity contribution is 9.10. The lowest BCUT2D eigenvalue weighted by Gasteiger charge is -2.12. The number of aromatic nitrogens is 2. The predicted octanol–water partition coefficient (Wildman–Crippen LogP) is 4.43. The van der Waals surface area contributed by atoms with E-state index in [1.807, 2.05) is 42.5 Å². The summed E-state index contributed by atoms with van der Waals surface area (Å²) in [4.78, 5) is 8.84. The van der Waals surface area contributed by atoms with Crippen molar-refractivity contribution in [3.63, 3.8) is 0 Å². The Hall–Kier alpha value is -1.30. The molecule has 21 heavy (non-hydrogen) atoms. The number of halogens is 2. The molecule has 2 aromatic heterocycles. The Morgan fingerprint density at radius 1 is 1.10 bits per heavy atom. The average molecular weight is 408 g/mol. The van der Waals surface area contributed by atoms with Crippen LogP contribution in [-0.4, -0.2) is 15.1 Å². The van der Waals surface area contributed by atoms with Gasteiger partial charge in [-0.2, -0.15) is 0 Å². The van der Waals surface area contributed by atoms with Crippen molar-refractivity contribution in [2.45, 2.75) is 12.5 Å². The summed E-state index contributed by atoms with van der Waals surface area (Å²) in [7, 11) is 0. The Kier molecular flexibility index (Phi) is 4.33. The third kappa shape index (κ3) is 3.31. The van der Waals surface area contributed by atoms with Gasteiger partial charge >= 0.3 is 0 Å². The van der Waals surface area contributed by atoms with E-state index in [0.29, 0.717) is 12.1 Å². The van der Waals surface area contributed by atoms with Crippen molar-refractivity contribution < 1.29 is 5.11 Å². The van der Waals surface area contributed by atoms with Crippen molar-refractivity contribution in [1.29, 1.82) is 0 Å². The van der Waals surface area contributed by atoms with Gasteiger partial charge in [-0.25, -0.2) is 4.98 Å². The van der Waals surface area contributed by atoms with Crippen molar-refractivity contribution in [3.05, 3.63) is 69.0 Å². The second-order valence-electron chi connectivity index (χ2n) is 4.74. The fourth-order valence-electron chi connectivity index (χ4n) is 2.16. The first kappa shape index (κ1) is 14.6. The molecule has 0 aliphatic heterocycles. The summed E-state index contributed by atoms with van der Waals surface area (Å²) in [5.41, 5.74) is 2.34. The highest BCUT2D eigenvalue weighted by atomic mass is 79.9. The van der Waals surface area contributed by atoms with Crippen LogP contribution in [0, 0.1) is 0 Å². The largest absolute Gasteiger partial charge is 0.386 e. The fourth-order valence-corrected chi connectivity index (χ4v) is 2.99. The summed E-state index contributed by atoms with van der Waals surface area (Å²) < 4.78 is 1.73. The van der Waals surface area contributed by atoms with Crippen molar-refractivity contribution in [1.82, 2.24) is 9.97 Å². The predicted molar refractivity (Wildman–Crippen MR) is 90.0 cm³/mol. The van der Waals surface area contributed by atoms with Gasteiger partial charge in [0, 0.05) is 32.6 Å². The van der Waals surface area contributed by atoms with Gasteiger partial charge in [0.15, 0.2) is 0 Å². The molecule has 3 aromatic rings. The Morgan fingerprint density at radius 2 is 1.90 bits per heavy atom. The number of nitrogens with zero attached hydrogens (tertiary/aromatic N) is 2. The van der Waals surface area contributed by atoms with Crippen LogP contribution < -0.4 is 0 Å². The van der Waals surface area contributed by atoms with Crippen LogP contribution in [0.2, 0.25) is 0 Å². The molecule has 3 nitrogen and oxygen atoms in total. The molecule has 0 radical (unpaired) electrons. The number of para-hydroxylation sites is 1. The number of rotatable bonds is 3. The van der Waals surface area contributed by atoms with Crippen molar-refractivity contribution in [3.8, 4) is 0 Å². The lowest BCUT2D eigenvalue weighted by molar-refractivity contribution is 0.172. The summed E-state index contributed by atoms with van der Waals surface area (Å²) >= 11 is 6.84. The average Bonchev–Trinajstić information content (AvgIpc) is 2.49. The zero-order chi connectivity index (χ0) is 14.8. The minimum atomic E-state index is -0.697. The van der Waals surface area contributed by atoms with Gasteiger partial charge in [0.1, 0.15) is 6.10 Å². The van der Waals surface area contributed by atoms with Crippen LogP contribution in [0.15, 0.2) is 57.6 Å². The number of fused-ring (bicyclic) bond motifs is 1. The van der Waals surface area contributed by atoms with Crippen LogP contribution >= 0.6 is 31.9 Å². The van der Waals surface area contributed by atoms with Crippen LogP contribution in [-0.2, 0) is 6.42 Å². The van der Waals surface area contributed by atoms with Crippen LogP contribution in [0.5, 0.6) is 0 Å². The Bertz CT molecular complexity index is 775. The summed E-state index contributed by atoms with van der Waals surface area (Å²) in [6.07, 6.45) is 1.46. The number of hydrogen-bond acceptors (Lipinski definition) is 3.